The van der Waals surface area contributed by atoms with Crippen molar-refractivity contribution in [1.82, 2.24) is 10.6 Å². The fraction of sp³-hybridized carbons (Fsp3) is 0.636. The van der Waals surface area contributed by atoms with Crippen LogP contribution in [-0.2, 0) is 9.59 Å². The van der Waals surface area contributed by atoms with E-state index in [-0.39, 0.29) is 30.5 Å². The molecule has 1 aromatic carbocycles. The molecule has 2 amide bonds. The number of benzene rings is 1. The van der Waals surface area contributed by atoms with Gasteiger partial charge in [0.25, 0.3) is 5.91 Å². The Morgan fingerprint density at radius 3 is 2.39 bits per heavy atom. The molecular formula is C22H32N2O4. The largest absolute Gasteiger partial charge is 0.497 e. The van der Waals surface area contributed by atoms with Gasteiger partial charge in [-0.25, -0.2) is 0 Å². The van der Waals surface area contributed by atoms with E-state index in [1.807, 2.05) is 12.1 Å². The van der Waals surface area contributed by atoms with Crippen LogP contribution in [-0.4, -0.2) is 37.6 Å². The molecule has 2 fully saturated rings. The molecule has 0 unspecified atom stereocenters. The van der Waals surface area contributed by atoms with Gasteiger partial charge in [-0.2, -0.15) is 0 Å². The van der Waals surface area contributed by atoms with Crippen molar-refractivity contribution in [3.63, 3.8) is 0 Å². The first kappa shape index (κ1) is 20.5. The van der Waals surface area contributed by atoms with Crippen molar-refractivity contribution in [1.29, 1.82) is 0 Å². The van der Waals surface area contributed by atoms with Crippen molar-refractivity contribution >= 4 is 11.8 Å². The van der Waals surface area contributed by atoms with E-state index in [2.05, 4.69) is 10.6 Å². The number of amides is 2. The van der Waals surface area contributed by atoms with Crippen LogP contribution >= 0.6 is 0 Å². The van der Waals surface area contributed by atoms with E-state index in [0.29, 0.717) is 17.9 Å². The number of hydrogen-bond acceptors (Lipinski definition) is 4. The Morgan fingerprint density at radius 1 is 1.00 bits per heavy atom. The summed E-state index contributed by atoms with van der Waals surface area (Å²) in [5.74, 6) is 2.06. The first-order chi connectivity index (χ1) is 13.6. The standard InChI is InChI=1S/C22H32N2O4/c1-27-19-7-4-8-20(14-19)28-15-22(26)24-18-11-10-17(13-18)23-21(25)12-9-16-5-2-3-6-16/h4,7-8,14,16-18H,2-3,5-6,9-13,15H2,1H3,(H,23,25)(H,24,26)/t17-,18+/m0/s1. The highest BCUT2D eigenvalue weighted by molar-refractivity contribution is 5.78. The second-order valence-electron chi connectivity index (χ2n) is 8.00. The zero-order valence-electron chi connectivity index (χ0n) is 16.7. The summed E-state index contributed by atoms with van der Waals surface area (Å²) < 4.78 is 10.7. The van der Waals surface area contributed by atoms with Gasteiger partial charge >= 0.3 is 0 Å². The molecule has 2 saturated carbocycles. The number of methoxy groups -OCH3 is 1. The lowest BCUT2D eigenvalue weighted by molar-refractivity contribution is -0.123. The van der Waals surface area contributed by atoms with Crippen molar-refractivity contribution in [2.45, 2.75) is 69.9 Å². The Kier molecular flexibility index (Phi) is 7.57. The molecule has 0 bridgehead atoms. The molecule has 0 radical (unpaired) electrons. The van der Waals surface area contributed by atoms with Crippen molar-refractivity contribution in [2.24, 2.45) is 5.92 Å². The summed E-state index contributed by atoms with van der Waals surface area (Å²) in [5.41, 5.74) is 0. The van der Waals surface area contributed by atoms with E-state index in [4.69, 9.17) is 9.47 Å². The minimum Gasteiger partial charge on any atom is -0.497 e. The van der Waals surface area contributed by atoms with Gasteiger partial charge in [0.05, 0.1) is 7.11 Å². The predicted molar refractivity (Wildman–Crippen MR) is 107 cm³/mol. The van der Waals surface area contributed by atoms with Gasteiger partial charge in [0.15, 0.2) is 6.61 Å². The van der Waals surface area contributed by atoms with Gasteiger partial charge in [0.1, 0.15) is 11.5 Å². The predicted octanol–water partition coefficient (Wildman–Crippen LogP) is 3.20. The fourth-order valence-electron chi connectivity index (χ4n) is 4.29. The van der Waals surface area contributed by atoms with Gasteiger partial charge < -0.3 is 20.1 Å². The van der Waals surface area contributed by atoms with E-state index in [0.717, 1.165) is 31.6 Å². The molecule has 2 atom stereocenters. The monoisotopic (exact) mass is 388 g/mol. The number of carbonyl (C=O) groups excluding carboxylic acids is 2. The molecule has 154 valence electrons. The van der Waals surface area contributed by atoms with Gasteiger partial charge in [0, 0.05) is 24.6 Å². The van der Waals surface area contributed by atoms with Crippen molar-refractivity contribution in [3.05, 3.63) is 24.3 Å². The minimum absolute atomic E-state index is 0.0257. The SMILES string of the molecule is COc1cccc(OCC(=O)N[C@@H]2CC[C@H](NC(=O)CCC3CCCC3)C2)c1. The smallest absolute Gasteiger partial charge is 0.258 e. The lowest BCUT2D eigenvalue weighted by Gasteiger charge is -2.16. The molecule has 2 aliphatic carbocycles. The molecule has 2 N–H and O–H groups in total. The third-order valence-corrected chi connectivity index (χ3v) is 5.83. The first-order valence-corrected chi connectivity index (χ1v) is 10.5. The lowest BCUT2D eigenvalue weighted by atomic mass is 10.0. The summed E-state index contributed by atoms with van der Waals surface area (Å²) in [5, 5.41) is 6.15. The maximum absolute atomic E-state index is 12.2. The van der Waals surface area contributed by atoms with Crippen molar-refractivity contribution in [2.75, 3.05) is 13.7 Å². The normalized spacial score (nSPS) is 22.0. The van der Waals surface area contributed by atoms with E-state index >= 15 is 0 Å². The van der Waals surface area contributed by atoms with Crippen LogP contribution < -0.4 is 20.1 Å². The second kappa shape index (κ2) is 10.3. The molecule has 3 rings (SSSR count). The highest BCUT2D eigenvalue weighted by Crippen LogP contribution is 2.28. The molecule has 0 saturated heterocycles. The van der Waals surface area contributed by atoms with Gasteiger partial charge in [-0.05, 0) is 43.7 Å². The molecule has 0 heterocycles. The number of carbonyl (C=O) groups is 2. The Balaban J connectivity index is 1.32. The van der Waals surface area contributed by atoms with Crippen LogP contribution in [0.1, 0.15) is 57.8 Å². The van der Waals surface area contributed by atoms with Gasteiger partial charge in [-0.15, -0.1) is 0 Å². The lowest BCUT2D eigenvalue weighted by Crippen LogP contribution is -2.39. The summed E-state index contributed by atoms with van der Waals surface area (Å²) in [4.78, 5) is 24.3. The third-order valence-electron chi connectivity index (χ3n) is 5.83. The Hall–Kier alpha value is -2.24. The molecular weight excluding hydrogens is 356 g/mol. The van der Waals surface area contributed by atoms with E-state index in [1.54, 1.807) is 19.2 Å². The van der Waals surface area contributed by atoms with Crippen LogP contribution in [0.3, 0.4) is 0 Å². The zero-order valence-corrected chi connectivity index (χ0v) is 16.7. The minimum atomic E-state index is -0.138. The summed E-state index contributed by atoms with van der Waals surface area (Å²) in [7, 11) is 1.59. The molecule has 6 nitrogen and oxygen atoms in total. The van der Waals surface area contributed by atoms with Crippen LogP contribution in [0.15, 0.2) is 24.3 Å². The fourth-order valence-corrected chi connectivity index (χ4v) is 4.29. The molecule has 0 spiro atoms. The number of rotatable bonds is 9. The first-order valence-electron chi connectivity index (χ1n) is 10.5. The molecule has 6 heteroatoms. The van der Waals surface area contributed by atoms with Crippen molar-refractivity contribution < 1.29 is 19.1 Å². The summed E-state index contributed by atoms with van der Waals surface area (Å²) in [6, 6.07) is 7.46. The third kappa shape index (κ3) is 6.43. The quantitative estimate of drug-likeness (QED) is 0.681. The van der Waals surface area contributed by atoms with Gasteiger partial charge in [0.2, 0.25) is 5.91 Å². The molecule has 1 aromatic rings. The molecule has 2 aliphatic rings. The summed E-state index contributed by atoms with van der Waals surface area (Å²) >= 11 is 0. The maximum Gasteiger partial charge on any atom is 0.258 e. The zero-order chi connectivity index (χ0) is 19.8. The average Bonchev–Trinajstić information content (AvgIpc) is 3.37. The second-order valence-corrected chi connectivity index (χ2v) is 8.00. The van der Waals surface area contributed by atoms with Gasteiger partial charge in [-0.1, -0.05) is 31.7 Å². The molecule has 0 aromatic heterocycles. The van der Waals surface area contributed by atoms with E-state index in [1.165, 1.54) is 25.7 Å². The highest BCUT2D eigenvalue weighted by Gasteiger charge is 2.27. The van der Waals surface area contributed by atoms with Crippen LogP contribution in [0.5, 0.6) is 11.5 Å². The average molecular weight is 389 g/mol. The highest BCUT2D eigenvalue weighted by atomic mass is 16.5. The summed E-state index contributed by atoms with van der Waals surface area (Å²) in [6.45, 7) is -0.0257. The summed E-state index contributed by atoms with van der Waals surface area (Å²) in [6.07, 6.45) is 9.43. The van der Waals surface area contributed by atoms with Crippen LogP contribution in [0, 0.1) is 5.92 Å². The number of hydrogen-bond donors (Lipinski definition) is 2. The van der Waals surface area contributed by atoms with E-state index < -0.39 is 0 Å². The van der Waals surface area contributed by atoms with Gasteiger partial charge in [-0.3, -0.25) is 9.59 Å². The molecule has 28 heavy (non-hydrogen) atoms. The van der Waals surface area contributed by atoms with Crippen LogP contribution in [0.25, 0.3) is 0 Å². The van der Waals surface area contributed by atoms with E-state index in [9.17, 15) is 9.59 Å². The maximum atomic E-state index is 12.2. The topological polar surface area (TPSA) is 76.7 Å². The number of nitrogens with one attached hydrogen (secondary N) is 2. The Morgan fingerprint density at radius 2 is 1.68 bits per heavy atom. The van der Waals surface area contributed by atoms with Crippen molar-refractivity contribution in [3.8, 4) is 11.5 Å². The van der Waals surface area contributed by atoms with Crippen LogP contribution in [0.2, 0.25) is 0 Å². The number of ether oxygens (including phenoxy) is 2. The Bertz CT molecular complexity index is 658. The molecule has 0 aliphatic heterocycles. The Labute approximate surface area is 167 Å². The van der Waals surface area contributed by atoms with Crippen LogP contribution in [0.4, 0.5) is 0 Å².